The van der Waals surface area contributed by atoms with E-state index in [1.165, 1.54) is 0 Å². The van der Waals surface area contributed by atoms with Crippen LogP contribution in [0.1, 0.15) is 70.0 Å². The highest BCUT2D eigenvalue weighted by atomic mass is 16.5. The van der Waals surface area contributed by atoms with E-state index >= 15 is 0 Å². The van der Waals surface area contributed by atoms with E-state index in [1.54, 1.807) is 43.3 Å². The molecule has 0 radical (unpaired) electrons. The smallest absolute Gasteiger partial charge is 0.185 e. The van der Waals surface area contributed by atoms with Gasteiger partial charge in [-0.05, 0) is 103 Å². The maximum atomic E-state index is 12.8. The Balaban J connectivity index is 2.42. The van der Waals surface area contributed by atoms with Crippen molar-refractivity contribution in [3.63, 3.8) is 0 Å². The van der Waals surface area contributed by atoms with Crippen LogP contribution in [0.3, 0.4) is 0 Å². The van der Waals surface area contributed by atoms with E-state index in [2.05, 4.69) is 13.2 Å². The lowest BCUT2D eigenvalue weighted by atomic mass is 10.0. The molecule has 0 bridgehead atoms. The predicted molar refractivity (Wildman–Crippen MR) is 136 cm³/mol. The second-order valence-electron chi connectivity index (χ2n) is 9.95. The molecule has 0 atom stereocenters. The SMILES string of the molecule is C=CCc1cc(/C=C\C(=O)c2ccc(OC(=C)C)cc2)c(OC(C)(C)C)cc1OC(C)(C)C. The Morgan fingerprint density at radius 3 is 2.03 bits per heavy atom. The fourth-order valence-corrected chi connectivity index (χ4v) is 3.06. The Morgan fingerprint density at radius 1 is 0.939 bits per heavy atom. The largest absolute Gasteiger partial charge is 0.488 e. The van der Waals surface area contributed by atoms with Crippen LogP contribution in [0, 0.1) is 0 Å². The molecule has 0 spiro atoms. The fraction of sp³-hybridized carbons (Fsp3) is 0.345. The maximum Gasteiger partial charge on any atom is 0.185 e. The standard InChI is InChI=1S/C29H36O4/c1-10-11-22-18-23(27(33-29(7,8)9)19-26(22)32-28(4,5)6)14-17-25(30)21-12-15-24(16-13-21)31-20(2)3/h10,12-19H,1-2,11H2,3-9H3/b17-14-. The monoisotopic (exact) mass is 448 g/mol. The van der Waals surface area contributed by atoms with E-state index < -0.39 is 5.60 Å². The lowest BCUT2D eigenvalue weighted by Gasteiger charge is -2.27. The van der Waals surface area contributed by atoms with Gasteiger partial charge in [0, 0.05) is 17.2 Å². The topological polar surface area (TPSA) is 44.8 Å². The molecule has 0 aliphatic rings. The van der Waals surface area contributed by atoms with Crippen molar-refractivity contribution in [2.75, 3.05) is 0 Å². The van der Waals surface area contributed by atoms with Crippen molar-refractivity contribution in [3.8, 4) is 17.2 Å². The summed E-state index contributed by atoms with van der Waals surface area (Å²) >= 11 is 0. The number of ether oxygens (including phenoxy) is 3. The first kappa shape index (κ1) is 26.0. The number of carbonyl (C=O) groups is 1. The summed E-state index contributed by atoms with van der Waals surface area (Å²) in [5, 5.41) is 0. The van der Waals surface area contributed by atoms with E-state index in [4.69, 9.17) is 14.2 Å². The van der Waals surface area contributed by atoms with Gasteiger partial charge in [0.1, 0.15) is 28.5 Å². The predicted octanol–water partition coefficient (Wildman–Crippen LogP) is 7.58. The lowest BCUT2D eigenvalue weighted by molar-refractivity contribution is 0.104. The Bertz CT molecular complexity index is 1030. The van der Waals surface area contributed by atoms with E-state index in [-0.39, 0.29) is 11.4 Å². The third kappa shape index (κ3) is 8.64. The van der Waals surface area contributed by atoms with Crippen LogP contribution in [0.2, 0.25) is 0 Å². The zero-order valence-corrected chi connectivity index (χ0v) is 21.0. The van der Waals surface area contributed by atoms with Gasteiger partial charge in [-0.1, -0.05) is 12.7 Å². The summed E-state index contributed by atoms with van der Waals surface area (Å²) < 4.78 is 17.9. The highest BCUT2D eigenvalue weighted by Crippen LogP contribution is 2.35. The summed E-state index contributed by atoms with van der Waals surface area (Å²) in [6.45, 7) is 21.4. The molecule has 0 fully saturated rings. The second kappa shape index (κ2) is 10.6. The van der Waals surface area contributed by atoms with Crippen molar-refractivity contribution in [3.05, 3.63) is 84.2 Å². The molecule has 0 aromatic heterocycles. The summed E-state index contributed by atoms with van der Waals surface area (Å²) in [7, 11) is 0. The number of hydrogen-bond donors (Lipinski definition) is 0. The van der Waals surface area contributed by atoms with E-state index in [9.17, 15) is 4.79 Å². The van der Waals surface area contributed by atoms with Crippen molar-refractivity contribution >= 4 is 11.9 Å². The molecule has 4 heteroatoms. The average Bonchev–Trinajstić information content (AvgIpc) is 2.66. The van der Waals surface area contributed by atoms with Crippen LogP contribution in [0.25, 0.3) is 6.08 Å². The normalized spacial score (nSPS) is 11.8. The summed E-state index contributed by atoms with van der Waals surface area (Å²) in [6.07, 6.45) is 5.82. The first-order chi connectivity index (χ1) is 15.3. The maximum absolute atomic E-state index is 12.8. The van der Waals surface area contributed by atoms with Crippen molar-refractivity contribution in [2.45, 2.75) is 66.1 Å². The van der Waals surface area contributed by atoms with Gasteiger partial charge in [-0.15, -0.1) is 6.58 Å². The van der Waals surface area contributed by atoms with Crippen molar-refractivity contribution in [2.24, 2.45) is 0 Å². The molecule has 0 N–H and O–H groups in total. The van der Waals surface area contributed by atoms with Gasteiger partial charge >= 0.3 is 0 Å². The van der Waals surface area contributed by atoms with Gasteiger partial charge in [0.25, 0.3) is 0 Å². The van der Waals surface area contributed by atoms with E-state index in [0.29, 0.717) is 29.2 Å². The molecule has 0 aliphatic heterocycles. The number of hydrogen-bond acceptors (Lipinski definition) is 4. The van der Waals surface area contributed by atoms with Gasteiger partial charge in [0.15, 0.2) is 5.78 Å². The number of carbonyl (C=O) groups excluding carboxylic acids is 1. The van der Waals surface area contributed by atoms with Crippen LogP contribution in [-0.2, 0) is 6.42 Å². The molecule has 33 heavy (non-hydrogen) atoms. The number of ketones is 1. The first-order valence-electron chi connectivity index (χ1n) is 11.1. The van der Waals surface area contributed by atoms with Crippen LogP contribution in [0.15, 0.2) is 67.5 Å². The van der Waals surface area contributed by atoms with E-state index in [1.807, 2.05) is 59.8 Å². The molecule has 2 rings (SSSR count). The average molecular weight is 449 g/mol. The number of rotatable bonds is 9. The van der Waals surface area contributed by atoms with Gasteiger partial charge in [-0.2, -0.15) is 0 Å². The molecule has 0 aliphatic carbocycles. The quantitative estimate of drug-likeness (QED) is 0.172. The summed E-state index contributed by atoms with van der Waals surface area (Å²) in [5.74, 6) is 2.53. The molecular formula is C29H36O4. The second-order valence-corrected chi connectivity index (χ2v) is 9.95. The van der Waals surface area contributed by atoms with Crippen molar-refractivity contribution in [1.82, 2.24) is 0 Å². The minimum Gasteiger partial charge on any atom is -0.488 e. The first-order valence-corrected chi connectivity index (χ1v) is 11.1. The molecule has 0 unspecified atom stereocenters. The molecule has 176 valence electrons. The molecule has 0 saturated carbocycles. The molecule has 4 nitrogen and oxygen atoms in total. The van der Waals surface area contributed by atoms with Gasteiger partial charge in [0.05, 0.1) is 5.76 Å². The Labute approximate surface area is 198 Å². The highest BCUT2D eigenvalue weighted by Gasteiger charge is 2.20. The molecular weight excluding hydrogens is 412 g/mol. The lowest BCUT2D eigenvalue weighted by Crippen LogP contribution is -2.25. The molecule has 2 aromatic rings. The Hall–Kier alpha value is -3.27. The number of allylic oxidation sites excluding steroid dienone is 3. The number of benzene rings is 2. The zero-order valence-electron chi connectivity index (χ0n) is 21.0. The van der Waals surface area contributed by atoms with Crippen LogP contribution in [0.4, 0.5) is 0 Å². The third-order valence-corrected chi connectivity index (χ3v) is 4.23. The molecule has 0 amide bonds. The zero-order chi connectivity index (χ0) is 24.8. The van der Waals surface area contributed by atoms with Crippen LogP contribution >= 0.6 is 0 Å². The minimum absolute atomic E-state index is 0.112. The summed E-state index contributed by atoms with van der Waals surface area (Å²) in [5.41, 5.74) is 1.58. The molecule has 0 saturated heterocycles. The van der Waals surface area contributed by atoms with Gasteiger partial charge in [-0.3, -0.25) is 4.79 Å². The van der Waals surface area contributed by atoms with Crippen molar-refractivity contribution < 1.29 is 19.0 Å². The van der Waals surface area contributed by atoms with Crippen LogP contribution in [0.5, 0.6) is 17.2 Å². The summed E-state index contributed by atoms with van der Waals surface area (Å²) in [4.78, 5) is 12.8. The third-order valence-electron chi connectivity index (χ3n) is 4.23. The van der Waals surface area contributed by atoms with E-state index in [0.717, 1.165) is 16.9 Å². The van der Waals surface area contributed by atoms with Crippen LogP contribution < -0.4 is 14.2 Å². The van der Waals surface area contributed by atoms with Crippen molar-refractivity contribution in [1.29, 1.82) is 0 Å². The fourth-order valence-electron chi connectivity index (χ4n) is 3.06. The van der Waals surface area contributed by atoms with Gasteiger partial charge < -0.3 is 14.2 Å². The highest BCUT2D eigenvalue weighted by molar-refractivity contribution is 6.07. The minimum atomic E-state index is -0.412. The van der Waals surface area contributed by atoms with Crippen LogP contribution in [-0.4, -0.2) is 17.0 Å². The Morgan fingerprint density at radius 2 is 1.52 bits per heavy atom. The molecule has 2 aromatic carbocycles. The summed E-state index contributed by atoms with van der Waals surface area (Å²) in [6, 6.07) is 10.9. The Kier molecular flexibility index (Phi) is 8.32. The van der Waals surface area contributed by atoms with Gasteiger partial charge in [0.2, 0.25) is 0 Å². The molecule has 0 heterocycles. The van der Waals surface area contributed by atoms with Gasteiger partial charge in [-0.25, -0.2) is 0 Å².